The highest BCUT2D eigenvalue weighted by Gasteiger charge is 2.17. The molecule has 0 unspecified atom stereocenters. The molecule has 22 heavy (non-hydrogen) atoms. The van der Waals surface area contributed by atoms with Gasteiger partial charge in [-0.1, -0.05) is 12.1 Å². The summed E-state index contributed by atoms with van der Waals surface area (Å²) in [4.78, 5) is 18.1. The number of carbonyl (C=O) groups excluding carboxylic acids is 1. The van der Waals surface area contributed by atoms with E-state index in [9.17, 15) is 9.18 Å². The van der Waals surface area contributed by atoms with Gasteiger partial charge >= 0.3 is 0 Å². The standard InChI is InChI=1S/C16H17FN2O2S/c17-13-4-2-1-3-12(13)14-11-18-15(21-14)5-6-16(20)19-7-9-22-10-8-19/h1-4,11H,5-10H2. The molecular weight excluding hydrogens is 303 g/mol. The highest BCUT2D eigenvalue weighted by molar-refractivity contribution is 7.99. The lowest BCUT2D eigenvalue weighted by Crippen LogP contribution is -2.37. The summed E-state index contributed by atoms with van der Waals surface area (Å²) < 4.78 is 19.3. The molecular formula is C16H17FN2O2S. The van der Waals surface area contributed by atoms with Gasteiger partial charge in [0.2, 0.25) is 5.91 Å². The zero-order chi connectivity index (χ0) is 15.4. The largest absolute Gasteiger partial charge is 0.441 e. The highest BCUT2D eigenvalue weighted by Crippen LogP contribution is 2.23. The number of thioether (sulfide) groups is 1. The maximum Gasteiger partial charge on any atom is 0.223 e. The first kappa shape index (κ1) is 15.1. The molecule has 0 atom stereocenters. The van der Waals surface area contributed by atoms with Gasteiger partial charge in [-0.15, -0.1) is 0 Å². The quantitative estimate of drug-likeness (QED) is 0.869. The minimum absolute atomic E-state index is 0.131. The molecule has 0 saturated carbocycles. The second-order valence-corrected chi connectivity index (χ2v) is 6.32. The van der Waals surface area contributed by atoms with Gasteiger partial charge in [0.05, 0.1) is 11.8 Å². The number of halogens is 1. The van der Waals surface area contributed by atoms with Crippen molar-refractivity contribution in [2.45, 2.75) is 12.8 Å². The normalized spacial score (nSPS) is 15.0. The molecule has 2 heterocycles. The summed E-state index contributed by atoms with van der Waals surface area (Å²) in [6, 6.07) is 6.41. The Hall–Kier alpha value is -1.82. The molecule has 3 rings (SSSR count). The number of nitrogens with zero attached hydrogens (tertiary/aromatic N) is 2. The van der Waals surface area contributed by atoms with E-state index in [-0.39, 0.29) is 11.7 Å². The molecule has 1 saturated heterocycles. The van der Waals surface area contributed by atoms with Crippen LogP contribution >= 0.6 is 11.8 Å². The van der Waals surface area contributed by atoms with E-state index in [0.29, 0.717) is 30.1 Å². The van der Waals surface area contributed by atoms with Crippen LogP contribution in [0.1, 0.15) is 12.3 Å². The van der Waals surface area contributed by atoms with Crippen molar-refractivity contribution >= 4 is 17.7 Å². The fourth-order valence-corrected chi connectivity index (χ4v) is 3.30. The predicted octanol–water partition coefficient (Wildman–Crippen LogP) is 2.99. The maximum atomic E-state index is 13.7. The van der Waals surface area contributed by atoms with E-state index in [0.717, 1.165) is 24.6 Å². The van der Waals surface area contributed by atoms with Gasteiger partial charge in [0.25, 0.3) is 0 Å². The predicted molar refractivity (Wildman–Crippen MR) is 84.1 cm³/mol. The lowest BCUT2D eigenvalue weighted by atomic mass is 10.2. The van der Waals surface area contributed by atoms with Crippen molar-refractivity contribution in [1.29, 1.82) is 0 Å². The number of rotatable bonds is 4. The van der Waals surface area contributed by atoms with Crippen LogP contribution in [0.25, 0.3) is 11.3 Å². The van der Waals surface area contributed by atoms with Crippen molar-refractivity contribution in [3.8, 4) is 11.3 Å². The van der Waals surface area contributed by atoms with E-state index < -0.39 is 0 Å². The molecule has 0 radical (unpaired) electrons. The zero-order valence-electron chi connectivity index (χ0n) is 12.1. The summed E-state index contributed by atoms with van der Waals surface area (Å²) in [5, 5.41) is 0. The number of aryl methyl sites for hydroxylation is 1. The topological polar surface area (TPSA) is 46.3 Å². The Kier molecular flexibility index (Phi) is 4.77. The second-order valence-electron chi connectivity index (χ2n) is 5.09. The summed E-state index contributed by atoms with van der Waals surface area (Å²) in [5.41, 5.74) is 0.389. The van der Waals surface area contributed by atoms with Crippen LogP contribution in [0, 0.1) is 5.82 Å². The smallest absolute Gasteiger partial charge is 0.223 e. The molecule has 4 nitrogen and oxygen atoms in total. The van der Waals surface area contributed by atoms with Crippen molar-refractivity contribution in [3.05, 3.63) is 42.2 Å². The molecule has 2 aromatic rings. The van der Waals surface area contributed by atoms with Gasteiger partial charge in [0.15, 0.2) is 11.7 Å². The van der Waals surface area contributed by atoms with E-state index >= 15 is 0 Å². The monoisotopic (exact) mass is 320 g/mol. The Labute approximate surface area is 132 Å². The van der Waals surface area contributed by atoms with Gasteiger partial charge in [-0.2, -0.15) is 11.8 Å². The number of amides is 1. The third-order valence-electron chi connectivity index (χ3n) is 3.61. The van der Waals surface area contributed by atoms with Crippen LogP contribution < -0.4 is 0 Å². The molecule has 0 bridgehead atoms. The van der Waals surface area contributed by atoms with Crippen molar-refractivity contribution < 1.29 is 13.6 Å². The molecule has 1 fully saturated rings. The van der Waals surface area contributed by atoms with Gasteiger partial charge in [-0.25, -0.2) is 9.37 Å². The van der Waals surface area contributed by atoms with E-state index in [1.165, 1.54) is 12.3 Å². The van der Waals surface area contributed by atoms with Crippen LogP contribution in [0.2, 0.25) is 0 Å². The lowest BCUT2D eigenvalue weighted by Gasteiger charge is -2.26. The first-order valence-corrected chi connectivity index (χ1v) is 8.44. The van der Waals surface area contributed by atoms with E-state index in [1.807, 2.05) is 16.7 Å². The zero-order valence-corrected chi connectivity index (χ0v) is 12.9. The molecule has 0 aliphatic carbocycles. The first-order chi connectivity index (χ1) is 10.7. The van der Waals surface area contributed by atoms with Crippen molar-refractivity contribution in [3.63, 3.8) is 0 Å². The van der Waals surface area contributed by atoms with Crippen LogP contribution in [0.3, 0.4) is 0 Å². The van der Waals surface area contributed by atoms with Crippen LogP contribution in [-0.4, -0.2) is 40.4 Å². The minimum Gasteiger partial charge on any atom is -0.441 e. The fourth-order valence-electron chi connectivity index (χ4n) is 2.40. The Morgan fingerprint density at radius 2 is 2.09 bits per heavy atom. The number of hydrogen-bond acceptors (Lipinski definition) is 4. The molecule has 1 aliphatic heterocycles. The molecule has 116 valence electrons. The molecule has 1 aliphatic rings. The summed E-state index contributed by atoms with van der Waals surface area (Å²) in [6.45, 7) is 1.63. The molecule has 6 heteroatoms. The Morgan fingerprint density at radius 3 is 2.86 bits per heavy atom. The number of aromatic nitrogens is 1. The van der Waals surface area contributed by atoms with E-state index in [4.69, 9.17) is 4.42 Å². The number of oxazole rings is 1. The molecule has 1 amide bonds. The molecule has 0 spiro atoms. The van der Waals surface area contributed by atoms with Crippen LogP contribution in [0.5, 0.6) is 0 Å². The fraction of sp³-hybridized carbons (Fsp3) is 0.375. The van der Waals surface area contributed by atoms with Gasteiger partial charge in [0.1, 0.15) is 5.82 Å². The molecule has 1 aromatic heterocycles. The SMILES string of the molecule is O=C(CCc1ncc(-c2ccccc2F)o1)N1CCSCC1. The van der Waals surface area contributed by atoms with Gasteiger partial charge < -0.3 is 9.32 Å². The molecule has 0 N–H and O–H groups in total. The number of hydrogen-bond donors (Lipinski definition) is 0. The van der Waals surface area contributed by atoms with Gasteiger partial charge in [-0.3, -0.25) is 4.79 Å². The Morgan fingerprint density at radius 1 is 1.32 bits per heavy atom. The summed E-state index contributed by atoms with van der Waals surface area (Å²) >= 11 is 1.87. The van der Waals surface area contributed by atoms with Crippen LogP contribution in [0.15, 0.2) is 34.9 Å². The summed E-state index contributed by atoms with van der Waals surface area (Å²) in [5.74, 6) is 2.66. The number of benzene rings is 1. The van der Waals surface area contributed by atoms with E-state index in [1.54, 1.807) is 18.2 Å². The lowest BCUT2D eigenvalue weighted by molar-refractivity contribution is -0.130. The number of carbonyl (C=O) groups is 1. The van der Waals surface area contributed by atoms with Crippen molar-refractivity contribution in [2.75, 3.05) is 24.6 Å². The van der Waals surface area contributed by atoms with Crippen molar-refractivity contribution in [2.24, 2.45) is 0 Å². The minimum atomic E-state index is -0.341. The third kappa shape index (κ3) is 3.50. The Bertz CT molecular complexity index is 653. The van der Waals surface area contributed by atoms with E-state index in [2.05, 4.69) is 4.98 Å². The Balaban J connectivity index is 1.60. The van der Waals surface area contributed by atoms with Gasteiger partial charge in [0, 0.05) is 37.4 Å². The third-order valence-corrected chi connectivity index (χ3v) is 4.55. The second kappa shape index (κ2) is 6.96. The first-order valence-electron chi connectivity index (χ1n) is 7.29. The van der Waals surface area contributed by atoms with Crippen molar-refractivity contribution in [1.82, 2.24) is 9.88 Å². The molecule has 1 aromatic carbocycles. The summed E-state index contributed by atoms with van der Waals surface area (Å²) in [7, 11) is 0. The van der Waals surface area contributed by atoms with Gasteiger partial charge in [-0.05, 0) is 12.1 Å². The average molecular weight is 320 g/mol. The highest BCUT2D eigenvalue weighted by atomic mass is 32.2. The summed E-state index contributed by atoms with van der Waals surface area (Å²) in [6.07, 6.45) is 2.33. The maximum absolute atomic E-state index is 13.7. The van der Waals surface area contributed by atoms with Crippen LogP contribution in [-0.2, 0) is 11.2 Å². The average Bonchev–Trinajstić information content (AvgIpc) is 3.02. The van der Waals surface area contributed by atoms with Crippen LogP contribution in [0.4, 0.5) is 4.39 Å².